The Labute approximate surface area is 152 Å². The van der Waals surface area contributed by atoms with Gasteiger partial charge in [0, 0.05) is 17.8 Å². The molecule has 1 saturated carbocycles. The molecule has 0 heterocycles. The molecule has 26 heavy (non-hydrogen) atoms. The third-order valence-electron chi connectivity index (χ3n) is 5.17. The summed E-state index contributed by atoms with van der Waals surface area (Å²) in [5.74, 6) is -1.40. The topological polar surface area (TPSA) is 104 Å². The summed E-state index contributed by atoms with van der Waals surface area (Å²) < 4.78 is 4.89. The van der Waals surface area contributed by atoms with Crippen molar-refractivity contribution >= 4 is 12.1 Å². The quantitative estimate of drug-likeness (QED) is 0.452. The van der Waals surface area contributed by atoms with Gasteiger partial charge in [0.15, 0.2) is 0 Å². The lowest BCUT2D eigenvalue weighted by Gasteiger charge is -2.38. The highest BCUT2D eigenvalue weighted by molar-refractivity contribution is 5.73. The molecule has 7 heteroatoms. The van der Waals surface area contributed by atoms with Gasteiger partial charge in [-0.3, -0.25) is 14.9 Å². The number of methoxy groups -OCH3 is 1. The van der Waals surface area contributed by atoms with Crippen LogP contribution in [0.3, 0.4) is 0 Å². The van der Waals surface area contributed by atoms with Crippen LogP contribution < -0.4 is 0 Å². The fourth-order valence-corrected chi connectivity index (χ4v) is 3.93. The number of esters is 1. The maximum absolute atomic E-state index is 12.2. The van der Waals surface area contributed by atoms with Crippen molar-refractivity contribution in [1.82, 2.24) is 0 Å². The van der Waals surface area contributed by atoms with Gasteiger partial charge in [0.25, 0.3) is 0 Å². The third kappa shape index (κ3) is 4.76. The van der Waals surface area contributed by atoms with Gasteiger partial charge in [0.05, 0.1) is 18.9 Å². The van der Waals surface area contributed by atoms with Crippen molar-refractivity contribution in [3.8, 4) is 0 Å². The lowest BCUT2D eigenvalue weighted by atomic mass is 9.66. The highest BCUT2D eigenvalue weighted by Gasteiger charge is 2.54. The Morgan fingerprint density at radius 3 is 2.12 bits per heavy atom. The average molecular weight is 363 g/mol. The van der Waals surface area contributed by atoms with Gasteiger partial charge in [0.1, 0.15) is 0 Å². The zero-order chi connectivity index (χ0) is 19.7. The number of nitrogens with zero attached hydrogens (tertiary/aromatic N) is 1. The summed E-state index contributed by atoms with van der Waals surface area (Å²) in [5.41, 5.74) is 0.866. The molecule has 2 unspecified atom stereocenters. The van der Waals surface area contributed by atoms with Gasteiger partial charge in [-0.15, -0.1) is 0 Å². The molecule has 0 amide bonds. The van der Waals surface area contributed by atoms with E-state index in [0.717, 1.165) is 30.4 Å². The molecule has 0 N–H and O–H groups in total. The molecule has 142 valence electrons. The van der Waals surface area contributed by atoms with E-state index >= 15 is 0 Å². The van der Waals surface area contributed by atoms with Crippen LogP contribution in [-0.2, 0) is 19.1 Å². The number of rotatable bonds is 5. The van der Waals surface area contributed by atoms with Crippen LogP contribution in [0.2, 0.25) is 0 Å². The summed E-state index contributed by atoms with van der Waals surface area (Å²) in [5, 5.41) is 12.0. The first-order valence-electron chi connectivity index (χ1n) is 8.62. The fraction of sp³-hybridized carbons (Fsp3) is 0.579. The van der Waals surface area contributed by atoms with Gasteiger partial charge in [-0.2, -0.15) is 9.59 Å². The first kappa shape index (κ1) is 21.5. The third-order valence-corrected chi connectivity index (χ3v) is 5.17. The zero-order valence-electron chi connectivity index (χ0n) is 15.4. The molecule has 0 radical (unpaired) electrons. The largest absolute Gasteiger partial charge is 0.469 e. The van der Waals surface area contributed by atoms with Crippen LogP contribution in [0.4, 0.5) is 0 Å². The number of aryl methyl sites for hydroxylation is 1. The monoisotopic (exact) mass is 363 g/mol. The number of hydrogen-bond donors (Lipinski definition) is 0. The Bertz CT molecular complexity index is 642. The van der Waals surface area contributed by atoms with E-state index in [1.54, 1.807) is 6.92 Å². The van der Waals surface area contributed by atoms with Crippen LogP contribution in [0.1, 0.15) is 56.1 Å². The number of carbonyl (C=O) groups excluding carboxylic acids is 3. The molecule has 1 aliphatic rings. The predicted molar refractivity (Wildman–Crippen MR) is 92.9 cm³/mol. The fourth-order valence-electron chi connectivity index (χ4n) is 3.93. The molecule has 1 aromatic carbocycles. The number of carbonyl (C=O) groups is 1. The molecule has 0 aromatic heterocycles. The van der Waals surface area contributed by atoms with E-state index in [1.165, 1.54) is 7.11 Å². The molecule has 0 bridgehead atoms. The van der Waals surface area contributed by atoms with Crippen LogP contribution in [0, 0.1) is 23.0 Å². The molecule has 1 aliphatic carbocycles. The molecule has 0 saturated heterocycles. The van der Waals surface area contributed by atoms with Crippen molar-refractivity contribution in [2.75, 3.05) is 7.11 Å². The lowest BCUT2D eigenvalue weighted by Crippen LogP contribution is -2.49. The van der Waals surface area contributed by atoms with E-state index in [1.807, 2.05) is 31.2 Å². The number of benzene rings is 1. The minimum Gasteiger partial charge on any atom is -0.469 e. The standard InChI is InChI=1S/C18H25NO4.CO2/c1-13-7-9-15(10-8-13)16(14(2)17(20)23-3)18(19(21)22)11-5-4-6-12-18;2-1-3/h7-10,14,16H,4-6,11-12H2,1-3H3;. The molecule has 7 nitrogen and oxygen atoms in total. The Balaban J connectivity index is 0.00000105. The maximum atomic E-state index is 12.2. The van der Waals surface area contributed by atoms with Gasteiger partial charge >= 0.3 is 12.1 Å². The van der Waals surface area contributed by atoms with Crippen molar-refractivity contribution in [3.05, 3.63) is 45.5 Å². The minimum atomic E-state index is -1.08. The SMILES string of the molecule is COC(=O)C(C)C(c1ccc(C)cc1)C1([N+](=O)[O-])CCCCC1.O=C=O. The number of ether oxygens (including phenoxy) is 1. The molecule has 0 spiro atoms. The van der Waals surface area contributed by atoms with Crippen molar-refractivity contribution < 1.29 is 24.0 Å². The van der Waals surface area contributed by atoms with E-state index in [4.69, 9.17) is 14.3 Å². The van der Waals surface area contributed by atoms with Crippen LogP contribution in [-0.4, -0.2) is 29.7 Å². The first-order valence-corrected chi connectivity index (χ1v) is 8.62. The molecular weight excluding hydrogens is 338 g/mol. The van der Waals surface area contributed by atoms with Gasteiger partial charge in [-0.05, 0) is 25.3 Å². The Morgan fingerprint density at radius 2 is 1.69 bits per heavy atom. The van der Waals surface area contributed by atoms with Crippen LogP contribution >= 0.6 is 0 Å². The smallest absolute Gasteiger partial charge is 0.373 e. The van der Waals surface area contributed by atoms with Crippen molar-refractivity contribution in [2.24, 2.45) is 5.92 Å². The van der Waals surface area contributed by atoms with E-state index < -0.39 is 17.4 Å². The van der Waals surface area contributed by atoms with Crippen molar-refractivity contribution in [2.45, 2.75) is 57.4 Å². The van der Waals surface area contributed by atoms with Gasteiger partial charge in [-0.25, -0.2) is 0 Å². The van der Waals surface area contributed by atoms with Crippen molar-refractivity contribution in [3.63, 3.8) is 0 Å². The molecule has 2 atom stereocenters. The van der Waals surface area contributed by atoms with Crippen LogP contribution in [0.15, 0.2) is 24.3 Å². The second-order valence-corrected chi connectivity index (χ2v) is 6.70. The summed E-state index contributed by atoms with van der Waals surface area (Å²) >= 11 is 0. The Kier molecular flexibility index (Phi) is 8.13. The molecule has 1 aromatic rings. The van der Waals surface area contributed by atoms with Gasteiger partial charge in [-0.1, -0.05) is 43.2 Å². The Morgan fingerprint density at radius 1 is 1.19 bits per heavy atom. The lowest BCUT2D eigenvalue weighted by molar-refractivity contribution is -0.581. The highest BCUT2D eigenvalue weighted by atomic mass is 16.6. The van der Waals surface area contributed by atoms with Crippen LogP contribution in [0.5, 0.6) is 0 Å². The zero-order valence-corrected chi connectivity index (χ0v) is 15.4. The second-order valence-electron chi connectivity index (χ2n) is 6.70. The maximum Gasteiger partial charge on any atom is 0.373 e. The normalized spacial score (nSPS) is 17.7. The van der Waals surface area contributed by atoms with Crippen LogP contribution in [0.25, 0.3) is 0 Å². The molecule has 1 fully saturated rings. The summed E-state index contributed by atoms with van der Waals surface area (Å²) in [7, 11) is 1.34. The molecule has 2 rings (SSSR count). The van der Waals surface area contributed by atoms with E-state index in [-0.39, 0.29) is 17.0 Å². The second kappa shape index (κ2) is 9.82. The van der Waals surface area contributed by atoms with Crippen molar-refractivity contribution in [1.29, 1.82) is 0 Å². The minimum absolute atomic E-state index is 0.143. The summed E-state index contributed by atoms with van der Waals surface area (Å²) in [6.45, 7) is 3.72. The molecular formula is C19H25NO6. The predicted octanol–water partition coefficient (Wildman–Crippen LogP) is 3.28. The molecule has 0 aliphatic heterocycles. The average Bonchev–Trinajstić information content (AvgIpc) is 2.64. The van der Waals surface area contributed by atoms with E-state index in [0.29, 0.717) is 12.8 Å². The van der Waals surface area contributed by atoms with Gasteiger partial charge in [0.2, 0.25) is 5.54 Å². The Hall–Kier alpha value is -2.53. The number of nitro groups is 1. The van der Waals surface area contributed by atoms with Gasteiger partial charge < -0.3 is 4.74 Å². The summed E-state index contributed by atoms with van der Waals surface area (Å²) in [4.78, 5) is 40.3. The number of hydrogen-bond acceptors (Lipinski definition) is 6. The van der Waals surface area contributed by atoms with E-state index in [9.17, 15) is 14.9 Å². The van der Waals surface area contributed by atoms with E-state index in [2.05, 4.69) is 0 Å². The summed E-state index contributed by atoms with van der Waals surface area (Å²) in [6, 6.07) is 7.73. The first-order chi connectivity index (χ1) is 12.3. The highest BCUT2D eigenvalue weighted by Crippen LogP contribution is 2.46. The summed E-state index contributed by atoms with van der Waals surface area (Å²) in [6.07, 6.45) is 3.96.